The maximum Gasteiger partial charge on any atom is -0.0294 e. The summed E-state index contributed by atoms with van der Waals surface area (Å²) in [5.74, 6) is 3.03. The lowest BCUT2D eigenvalue weighted by molar-refractivity contribution is 0.372. The largest absolute Gasteiger partial charge is 0.0625 e. The molecular weight excluding hydrogens is 228 g/mol. The van der Waals surface area contributed by atoms with E-state index in [1.165, 1.54) is 70.6 Å². The molecule has 0 nitrogen and oxygen atoms in total. The Labute approximate surface area is 121 Å². The number of rotatable bonds is 0. The summed E-state index contributed by atoms with van der Waals surface area (Å²) in [4.78, 5) is 0. The molecule has 19 heavy (non-hydrogen) atoms. The third kappa shape index (κ3) is 5.12. The monoisotopic (exact) mass is 264 g/mol. The molecule has 2 aliphatic rings. The fraction of sp³-hybridized carbons (Fsp3) is 1.00. The highest BCUT2D eigenvalue weighted by atomic mass is 14.5. The summed E-state index contributed by atoms with van der Waals surface area (Å²) in [5, 5.41) is 0. The fourth-order valence-corrected chi connectivity index (χ4v) is 4.20. The Morgan fingerprint density at radius 1 is 0.684 bits per heavy atom. The van der Waals surface area contributed by atoms with Crippen LogP contribution in [0.1, 0.15) is 97.8 Å². The van der Waals surface area contributed by atoms with Crippen molar-refractivity contribution in [3.63, 3.8) is 0 Å². The van der Waals surface area contributed by atoms with Gasteiger partial charge in [-0.2, -0.15) is 0 Å². The Hall–Kier alpha value is 0. The topological polar surface area (TPSA) is 0 Å². The normalized spacial score (nSPS) is 42.8. The molecule has 4 unspecified atom stereocenters. The van der Waals surface area contributed by atoms with Crippen molar-refractivity contribution in [1.29, 1.82) is 0 Å². The van der Waals surface area contributed by atoms with E-state index in [9.17, 15) is 0 Å². The average molecular weight is 264 g/mol. The quantitative estimate of drug-likeness (QED) is 0.463. The van der Waals surface area contributed by atoms with Gasteiger partial charge in [0.25, 0.3) is 0 Å². The highest BCUT2D eigenvalue weighted by Crippen LogP contribution is 2.58. The minimum absolute atomic E-state index is 0.761. The van der Waals surface area contributed by atoms with Gasteiger partial charge in [0.2, 0.25) is 0 Å². The lowest BCUT2D eigenvalue weighted by atomic mass is 9.90. The van der Waals surface area contributed by atoms with E-state index in [0.29, 0.717) is 0 Å². The molecule has 0 radical (unpaired) electrons. The first kappa shape index (κ1) is 15.4. The van der Waals surface area contributed by atoms with Crippen molar-refractivity contribution in [1.82, 2.24) is 0 Å². The third-order valence-electron chi connectivity index (χ3n) is 6.13. The standard InChI is InChI=1S/C19H36/c1-16-9-5-4-6-11-18-15-19(18,3)14-8-7-10-17(2)13-12-16/h16-18H,4-15H2,1-3H3. The minimum Gasteiger partial charge on any atom is -0.0625 e. The Morgan fingerprint density at radius 3 is 1.95 bits per heavy atom. The van der Waals surface area contributed by atoms with Crippen molar-refractivity contribution < 1.29 is 0 Å². The molecule has 0 aromatic heterocycles. The SMILES string of the molecule is CC1CCCCCC2CC2(C)CCCCC(C)CC1. The Bertz CT molecular complexity index is 257. The van der Waals surface area contributed by atoms with Gasteiger partial charge in [0.15, 0.2) is 0 Å². The van der Waals surface area contributed by atoms with E-state index >= 15 is 0 Å². The predicted molar refractivity (Wildman–Crippen MR) is 85.3 cm³/mol. The molecule has 0 heterocycles. The van der Waals surface area contributed by atoms with Crippen LogP contribution in [0, 0.1) is 23.2 Å². The third-order valence-corrected chi connectivity index (χ3v) is 6.13. The van der Waals surface area contributed by atoms with Crippen molar-refractivity contribution in [3.05, 3.63) is 0 Å². The summed E-state index contributed by atoms with van der Waals surface area (Å²) in [7, 11) is 0. The lowest BCUT2D eigenvalue weighted by Gasteiger charge is -2.15. The van der Waals surface area contributed by atoms with Gasteiger partial charge < -0.3 is 0 Å². The van der Waals surface area contributed by atoms with Crippen LogP contribution in [0.5, 0.6) is 0 Å². The first-order valence-corrected chi connectivity index (χ1v) is 9.10. The van der Waals surface area contributed by atoms with Crippen LogP contribution in [0.3, 0.4) is 0 Å². The summed E-state index contributed by atoms with van der Waals surface area (Å²) in [5.41, 5.74) is 0.761. The van der Waals surface area contributed by atoms with Gasteiger partial charge >= 0.3 is 0 Å². The molecule has 0 N–H and O–H groups in total. The zero-order valence-corrected chi connectivity index (χ0v) is 13.7. The van der Waals surface area contributed by atoms with Crippen LogP contribution in [0.4, 0.5) is 0 Å². The van der Waals surface area contributed by atoms with Crippen LogP contribution in [0.25, 0.3) is 0 Å². The van der Waals surface area contributed by atoms with Gasteiger partial charge in [-0.15, -0.1) is 0 Å². The van der Waals surface area contributed by atoms with E-state index in [2.05, 4.69) is 20.8 Å². The maximum atomic E-state index is 2.56. The first-order chi connectivity index (χ1) is 9.10. The van der Waals surface area contributed by atoms with Crippen LogP contribution in [-0.4, -0.2) is 0 Å². The maximum absolute atomic E-state index is 2.56. The fourth-order valence-electron chi connectivity index (χ4n) is 4.20. The van der Waals surface area contributed by atoms with Gasteiger partial charge in [0.05, 0.1) is 0 Å². The Kier molecular flexibility index (Phi) is 5.78. The molecule has 0 amide bonds. The van der Waals surface area contributed by atoms with Gasteiger partial charge in [-0.25, -0.2) is 0 Å². The molecule has 0 aromatic rings. The summed E-state index contributed by atoms with van der Waals surface area (Å²) >= 11 is 0. The minimum atomic E-state index is 0.761. The number of hydrogen-bond donors (Lipinski definition) is 0. The predicted octanol–water partition coefficient (Wildman–Crippen LogP) is 6.59. The molecule has 0 saturated heterocycles. The van der Waals surface area contributed by atoms with Crippen molar-refractivity contribution in [3.8, 4) is 0 Å². The molecule has 2 fully saturated rings. The van der Waals surface area contributed by atoms with Gasteiger partial charge in [-0.3, -0.25) is 0 Å². The lowest BCUT2D eigenvalue weighted by Crippen LogP contribution is -2.01. The van der Waals surface area contributed by atoms with E-state index in [1.54, 1.807) is 6.42 Å². The van der Waals surface area contributed by atoms with E-state index in [4.69, 9.17) is 0 Å². The molecule has 2 saturated carbocycles. The van der Waals surface area contributed by atoms with E-state index in [0.717, 1.165) is 23.2 Å². The second-order valence-electron chi connectivity index (χ2n) is 8.23. The summed E-state index contributed by atoms with van der Waals surface area (Å²) in [6.07, 6.45) is 17.9. The highest BCUT2D eigenvalue weighted by Gasteiger charge is 2.47. The van der Waals surface area contributed by atoms with Crippen LogP contribution in [0.15, 0.2) is 0 Å². The molecule has 2 aliphatic carbocycles. The number of fused-ring (bicyclic) bond motifs is 1. The summed E-state index contributed by atoms with van der Waals surface area (Å²) in [6, 6.07) is 0. The highest BCUT2D eigenvalue weighted by molar-refractivity contribution is 4.98. The van der Waals surface area contributed by atoms with Gasteiger partial charge in [-0.05, 0) is 42.4 Å². The molecule has 0 aromatic carbocycles. The van der Waals surface area contributed by atoms with Gasteiger partial charge in [0.1, 0.15) is 0 Å². The molecule has 0 spiro atoms. The smallest absolute Gasteiger partial charge is 0.0294 e. The van der Waals surface area contributed by atoms with Crippen molar-refractivity contribution in [2.75, 3.05) is 0 Å². The Morgan fingerprint density at radius 2 is 1.26 bits per heavy atom. The second-order valence-corrected chi connectivity index (χ2v) is 8.23. The summed E-state index contributed by atoms with van der Waals surface area (Å²) in [6.45, 7) is 7.51. The molecule has 0 heteroatoms. The van der Waals surface area contributed by atoms with Crippen LogP contribution >= 0.6 is 0 Å². The second kappa shape index (κ2) is 7.14. The molecule has 0 aliphatic heterocycles. The van der Waals surface area contributed by atoms with Crippen molar-refractivity contribution in [2.24, 2.45) is 23.2 Å². The Balaban J connectivity index is 1.76. The first-order valence-electron chi connectivity index (χ1n) is 9.10. The van der Waals surface area contributed by atoms with E-state index in [-0.39, 0.29) is 0 Å². The molecule has 112 valence electrons. The summed E-state index contributed by atoms with van der Waals surface area (Å²) < 4.78 is 0. The van der Waals surface area contributed by atoms with Crippen molar-refractivity contribution >= 4 is 0 Å². The molecular formula is C19H36. The van der Waals surface area contributed by atoms with Crippen molar-refractivity contribution in [2.45, 2.75) is 97.8 Å². The van der Waals surface area contributed by atoms with Gasteiger partial charge in [0, 0.05) is 0 Å². The number of hydrogen-bond acceptors (Lipinski definition) is 0. The zero-order valence-electron chi connectivity index (χ0n) is 13.7. The van der Waals surface area contributed by atoms with E-state index in [1.807, 2.05) is 0 Å². The molecule has 0 bridgehead atoms. The van der Waals surface area contributed by atoms with Crippen LogP contribution in [-0.2, 0) is 0 Å². The van der Waals surface area contributed by atoms with Gasteiger partial charge in [-0.1, -0.05) is 78.6 Å². The van der Waals surface area contributed by atoms with Crippen LogP contribution < -0.4 is 0 Å². The molecule has 2 rings (SSSR count). The average Bonchev–Trinajstić information content (AvgIpc) is 3.02. The zero-order chi connectivity index (χ0) is 13.7. The van der Waals surface area contributed by atoms with E-state index < -0.39 is 0 Å². The molecule has 4 atom stereocenters. The van der Waals surface area contributed by atoms with Crippen LogP contribution in [0.2, 0.25) is 0 Å².